The standard InChI is InChI=1S/C24H18Cl2N2O3S2/c25-17-6-7-19(20(26)12-17)23(29)28(21(24(30)31)10-15-4-2-1-3-5-15)13-18-11-16(14-33-18)22-27-8-9-32-22/h1-9,11-12,14,21H,10,13H2,(H,30,31). The first-order chi connectivity index (χ1) is 15.9. The van der Waals surface area contributed by atoms with Crippen LogP contribution in [0.4, 0.5) is 0 Å². The van der Waals surface area contributed by atoms with Crippen LogP contribution in [0.1, 0.15) is 20.8 Å². The molecule has 0 bridgehead atoms. The first-order valence-corrected chi connectivity index (χ1v) is 12.4. The third-order valence-corrected chi connectivity index (χ3v) is 7.31. The van der Waals surface area contributed by atoms with E-state index in [0.29, 0.717) is 5.02 Å². The number of hydrogen-bond donors (Lipinski definition) is 1. The highest BCUT2D eigenvalue weighted by Gasteiger charge is 2.32. The van der Waals surface area contributed by atoms with E-state index in [-0.39, 0.29) is 23.6 Å². The Morgan fingerprint density at radius 3 is 2.52 bits per heavy atom. The molecular weight excluding hydrogens is 499 g/mol. The molecule has 2 heterocycles. The Balaban J connectivity index is 1.70. The Morgan fingerprint density at radius 1 is 1.06 bits per heavy atom. The summed E-state index contributed by atoms with van der Waals surface area (Å²) in [6.07, 6.45) is 1.90. The fourth-order valence-electron chi connectivity index (χ4n) is 3.42. The molecule has 0 aliphatic carbocycles. The summed E-state index contributed by atoms with van der Waals surface area (Å²) in [5, 5.41) is 15.4. The van der Waals surface area contributed by atoms with Crippen LogP contribution in [-0.4, -0.2) is 32.9 Å². The van der Waals surface area contributed by atoms with Gasteiger partial charge in [-0.15, -0.1) is 22.7 Å². The van der Waals surface area contributed by atoms with E-state index < -0.39 is 17.9 Å². The number of aromatic nitrogens is 1. The number of nitrogens with zero attached hydrogens (tertiary/aromatic N) is 2. The quantitative estimate of drug-likeness (QED) is 0.289. The Bertz CT molecular complexity index is 1260. The molecular formula is C24H18Cl2N2O3S2. The average molecular weight is 517 g/mol. The van der Waals surface area contributed by atoms with Crippen molar-refractivity contribution in [2.24, 2.45) is 0 Å². The molecule has 33 heavy (non-hydrogen) atoms. The molecule has 0 saturated carbocycles. The second-order valence-electron chi connectivity index (χ2n) is 7.24. The number of aliphatic carboxylic acids is 1. The molecule has 1 atom stereocenters. The van der Waals surface area contributed by atoms with Crippen LogP contribution in [0.25, 0.3) is 10.6 Å². The van der Waals surface area contributed by atoms with Gasteiger partial charge in [0.2, 0.25) is 0 Å². The second-order valence-corrected chi connectivity index (χ2v) is 9.97. The smallest absolute Gasteiger partial charge is 0.326 e. The molecule has 2 aromatic heterocycles. The molecule has 0 saturated heterocycles. The van der Waals surface area contributed by atoms with Crippen molar-refractivity contribution in [3.8, 4) is 10.6 Å². The van der Waals surface area contributed by atoms with Crippen LogP contribution in [0.5, 0.6) is 0 Å². The van der Waals surface area contributed by atoms with E-state index in [4.69, 9.17) is 23.2 Å². The molecule has 0 aliphatic rings. The predicted molar refractivity (Wildman–Crippen MR) is 133 cm³/mol. The monoisotopic (exact) mass is 516 g/mol. The summed E-state index contributed by atoms with van der Waals surface area (Å²) in [5.41, 5.74) is 1.97. The lowest BCUT2D eigenvalue weighted by Gasteiger charge is -2.29. The van der Waals surface area contributed by atoms with Crippen LogP contribution in [-0.2, 0) is 17.8 Å². The first kappa shape index (κ1) is 23.4. The van der Waals surface area contributed by atoms with Crippen LogP contribution >= 0.6 is 45.9 Å². The van der Waals surface area contributed by atoms with E-state index >= 15 is 0 Å². The van der Waals surface area contributed by atoms with Crippen molar-refractivity contribution in [3.63, 3.8) is 0 Å². The fraction of sp³-hybridized carbons (Fsp3) is 0.125. The number of carbonyl (C=O) groups is 2. The zero-order valence-corrected chi connectivity index (χ0v) is 20.3. The van der Waals surface area contributed by atoms with Gasteiger partial charge in [0.25, 0.3) is 5.91 Å². The number of thiazole rings is 1. The van der Waals surface area contributed by atoms with Crippen molar-refractivity contribution >= 4 is 57.8 Å². The van der Waals surface area contributed by atoms with Gasteiger partial charge in [-0.3, -0.25) is 4.79 Å². The molecule has 2 aromatic carbocycles. The molecule has 168 valence electrons. The molecule has 9 heteroatoms. The highest BCUT2D eigenvalue weighted by molar-refractivity contribution is 7.14. The Labute approximate surface area is 208 Å². The lowest BCUT2D eigenvalue weighted by molar-refractivity contribution is -0.142. The van der Waals surface area contributed by atoms with Gasteiger partial charge < -0.3 is 10.0 Å². The van der Waals surface area contributed by atoms with Crippen LogP contribution < -0.4 is 0 Å². The molecule has 4 rings (SSSR count). The van der Waals surface area contributed by atoms with E-state index in [9.17, 15) is 14.7 Å². The Morgan fingerprint density at radius 2 is 1.85 bits per heavy atom. The largest absolute Gasteiger partial charge is 0.480 e. The fourth-order valence-corrected chi connectivity index (χ4v) is 5.48. The molecule has 0 radical (unpaired) electrons. The zero-order valence-electron chi connectivity index (χ0n) is 17.2. The van der Waals surface area contributed by atoms with Gasteiger partial charge >= 0.3 is 5.97 Å². The van der Waals surface area contributed by atoms with Crippen molar-refractivity contribution in [2.75, 3.05) is 0 Å². The number of rotatable bonds is 8. The van der Waals surface area contributed by atoms with E-state index in [1.54, 1.807) is 12.3 Å². The van der Waals surface area contributed by atoms with Gasteiger partial charge in [0, 0.05) is 38.8 Å². The number of thiophene rings is 1. The van der Waals surface area contributed by atoms with Gasteiger partial charge in [0.15, 0.2) is 0 Å². The minimum Gasteiger partial charge on any atom is -0.480 e. The van der Waals surface area contributed by atoms with Crippen molar-refractivity contribution in [2.45, 2.75) is 19.0 Å². The third kappa shape index (κ3) is 5.62. The van der Waals surface area contributed by atoms with Gasteiger partial charge in [-0.25, -0.2) is 9.78 Å². The van der Waals surface area contributed by atoms with Gasteiger partial charge in [-0.2, -0.15) is 0 Å². The minimum absolute atomic E-state index is 0.123. The van der Waals surface area contributed by atoms with E-state index in [0.717, 1.165) is 21.0 Å². The molecule has 0 aliphatic heterocycles. The normalized spacial score (nSPS) is 11.8. The van der Waals surface area contributed by atoms with E-state index in [1.807, 2.05) is 47.2 Å². The number of carboxylic acids is 1. The summed E-state index contributed by atoms with van der Waals surface area (Å²) in [6.45, 7) is 0.123. The van der Waals surface area contributed by atoms with Crippen LogP contribution in [0.2, 0.25) is 10.0 Å². The zero-order chi connectivity index (χ0) is 23.4. The molecule has 4 aromatic rings. The number of carboxylic acid groups (broad SMARTS) is 1. The van der Waals surface area contributed by atoms with Gasteiger partial charge in [0.1, 0.15) is 11.0 Å². The topological polar surface area (TPSA) is 70.5 Å². The van der Waals surface area contributed by atoms with Crippen LogP contribution in [0, 0.1) is 0 Å². The molecule has 5 nitrogen and oxygen atoms in total. The van der Waals surface area contributed by atoms with Gasteiger partial charge in [-0.05, 0) is 29.8 Å². The molecule has 0 spiro atoms. The Hall–Kier alpha value is -2.71. The van der Waals surface area contributed by atoms with Gasteiger partial charge in [-0.1, -0.05) is 53.5 Å². The summed E-state index contributed by atoms with van der Waals surface area (Å²) in [7, 11) is 0. The number of carbonyl (C=O) groups excluding carboxylic acids is 1. The number of hydrogen-bond acceptors (Lipinski definition) is 5. The summed E-state index contributed by atoms with van der Waals surface area (Å²) >= 11 is 15.3. The maximum Gasteiger partial charge on any atom is 0.326 e. The minimum atomic E-state index is -1.09. The number of amides is 1. The molecule has 1 amide bonds. The number of halogens is 2. The highest BCUT2D eigenvalue weighted by Crippen LogP contribution is 2.30. The Kier molecular flexibility index (Phi) is 7.45. The summed E-state index contributed by atoms with van der Waals surface area (Å²) in [4.78, 5) is 32.5. The van der Waals surface area contributed by atoms with Crippen LogP contribution in [0.15, 0.2) is 71.6 Å². The van der Waals surface area contributed by atoms with Crippen LogP contribution in [0.3, 0.4) is 0 Å². The summed E-state index contributed by atoms with van der Waals surface area (Å²) in [6, 6.07) is 14.7. The van der Waals surface area contributed by atoms with Gasteiger partial charge in [0.05, 0.1) is 17.1 Å². The summed E-state index contributed by atoms with van der Waals surface area (Å²) < 4.78 is 0. The molecule has 0 fully saturated rings. The van der Waals surface area contributed by atoms with E-state index in [1.165, 1.54) is 39.7 Å². The van der Waals surface area contributed by atoms with E-state index in [2.05, 4.69) is 4.98 Å². The van der Waals surface area contributed by atoms with Crippen molar-refractivity contribution < 1.29 is 14.7 Å². The molecule has 1 N–H and O–H groups in total. The SMILES string of the molecule is O=C(O)C(Cc1ccccc1)N(Cc1cc(-c2nccs2)cs1)C(=O)c1ccc(Cl)cc1Cl. The average Bonchev–Trinajstić information content (AvgIpc) is 3.48. The van der Waals surface area contributed by atoms with Crippen molar-refractivity contribution in [1.29, 1.82) is 0 Å². The lowest BCUT2D eigenvalue weighted by Crippen LogP contribution is -2.46. The second kappa shape index (κ2) is 10.5. The van der Waals surface area contributed by atoms with Crippen molar-refractivity contribution in [3.05, 3.63) is 97.6 Å². The summed E-state index contributed by atoms with van der Waals surface area (Å²) in [5.74, 6) is -1.56. The van der Waals surface area contributed by atoms with Crippen molar-refractivity contribution in [1.82, 2.24) is 9.88 Å². The predicted octanol–water partition coefficient (Wildman–Crippen LogP) is 6.52. The molecule has 1 unspecified atom stereocenters. The third-order valence-electron chi connectivity index (χ3n) is 5.01. The number of benzene rings is 2. The highest BCUT2D eigenvalue weighted by atomic mass is 35.5. The lowest BCUT2D eigenvalue weighted by atomic mass is 10.0. The maximum absolute atomic E-state index is 13.6. The first-order valence-electron chi connectivity index (χ1n) is 9.92. The maximum atomic E-state index is 13.6.